The number of likely N-dealkylation sites (N-methyl/N-ethyl adjacent to an activating group) is 1. The molecule has 0 saturated heterocycles. The van der Waals surface area contributed by atoms with Gasteiger partial charge in [-0.25, -0.2) is 0 Å². The molecule has 0 amide bonds. The van der Waals surface area contributed by atoms with E-state index >= 15 is 0 Å². The average molecular weight is 280 g/mol. The number of nitrogens with zero attached hydrogens (tertiary/aromatic N) is 1. The highest BCUT2D eigenvalue weighted by Gasteiger charge is 2.22. The fourth-order valence-corrected chi connectivity index (χ4v) is 3.54. The van der Waals surface area contributed by atoms with E-state index in [2.05, 4.69) is 57.2 Å². The van der Waals surface area contributed by atoms with E-state index in [1.165, 1.54) is 23.1 Å². The summed E-state index contributed by atoms with van der Waals surface area (Å²) in [5, 5.41) is 0. The van der Waals surface area contributed by atoms with Crippen molar-refractivity contribution in [2.75, 3.05) is 25.6 Å². The van der Waals surface area contributed by atoms with Gasteiger partial charge in [-0.3, -0.25) is 4.90 Å². The first-order valence-corrected chi connectivity index (χ1v) is 8.42. The summed E-state index contributed by atoms with van der Waals surface area (Å²) in [7, 11) is 2.21. The molecule has 2 atom stereocenters. The minimum atomic E-state index is 0.317. The van der Waals surface area contributed by atoms with Gasteiger partial charge in [0, 0.05) is 24.4 Å². The van der Waals surface area contributed by atoms with E-state index in [1.807, 2.05) is 11.8 Å². The lowest BCUT2D eigenvalue weighted by Crippen LogP contribution is -2.40. The molecule has 2 nitrogen and oxygen atoms in total. The second-order valence-corrected chi connectivity index (χ2v) is 6.21. The molecule has 0 bridgehead atoms. The Labute approximate surface area is 122 Å². The second kappa shape index (κ2) is 7.93. The normalized spacial score (nSPS) is 14.7. The van der Waals surface area contributed by atoms with Gasteiger partial charge in [0.2, 0.25) is 0 Å². The summed E-state index contributed by atoms with van der Waals surface area (Å²) < 4.78 is 0. The van der Waals surface area contributed by atoms with Crippen LogP contribution >= 0.6 is 11.8 Å². The summed E-state index contributed by atoms with van der Waals surface area (Å²) in [6.45, 7) is 7.26. The summed E-state index contributed by atoms with van der Waals surface area (Å²) in [6, 6.07) is 7.59. The van der Waals surface area contributed by atoms with Crippen molar-refractivity contribution in [1.82, 2.24) is 4.90 Å². The Bertz CT molecular complexity index is 392. The fourth-order valence-electron chi connectivity index (χ4n) is 2.68. The lowest BCUT2D eigenvalue weighted by atomic mass is 9.97. The van der Waals surface area contributed by atoms with Crippen LogP contribution in [0.15, 0.2) is 18.2 Å². The number of aryl methyl sites for hydroxylation is 2. The number of rotatable bonds is 7. The number of hydrogen-bond acceptors (Lipinski definition) is 3. The van der Waals surface area contributed by atoms with Crippen LogP contribution in [-0.4, -0.2) is 36.5 Å². The van der Waals surface area contributed by atoms with Crippen molar-refractivity contribution in [2.45, 2.75) is 39.3 Å². The molecular formula is C16H28N2S. The Balaban J connectivity index is 2.98. The molecule has 0 fully saturated rings. The van der Waals surface area contributed by atoms with Gasteiger partial charge < -0.3 is 5.73 Å². The van der Waals surface area contributed by atoms with Crippen LogP contribution in [0.1, 0.15) is 36.1 Å². The van der Waals surface area contributed by atoms with Crippen LogP contribution in [0.25, 0.3) is 0 Å². The monoisotopic (exact) mass is 280 g/mol. The van der Waals surface area contributed by atoms with E-state index in [9.17, 15) is 0 Å². The lowest BCUT2D eigenvalue weighted by molar-refractivity contribution is 0.187. The third kappa shape index (κ3) is 4.23. The van der Waals surface area contributed by atoms with Crippen molar-refractivity contribution in [1.29, 1.82) is 0 Å². The predicted octanol–water partition coefficient (Wildman–Crippen LogP) is 3.38. The molecule has 0 aliphatic rings. The zero-order chi connectivity index (χ0) is 14.4. The summed E-state index contributed by atoms with van der Waals surface area (Å²) in [5.74, 6) is 1.16. The zero-order valence-electron chi connectivity index (χ0n) is 12.9. The van der Waals surface area contributed by atoms with Gasteiger partial charge in [-0.05, 0) is 44.7 Å². The summed E-state index contributed by atoms with van der Waals surface area (Å²) in [4.78, 5) is 2.45. The maximum absolute atomic E-state index is 6.05. The Morgan fingerprint density at radius 2 is 2.00 bits per heavy atom. The smallest absolute Gasteiger partial charge is 0.0473 e. The van der Waals surface area contributed by atoms with E-state index in [0.29, 0.717) is 18.6 Å². The highest BCUT2D eigenvalue weighted by atomic mass is 32.2. The van der Waals surface area contributed by atoms with Gasteiger partial charge in [-0.1, -0.05) is 30.7 Å². The average Bonchev–Trinajstić information content (AvgIpc) is 2.39. The minimum absolute atomic E-state index is 0.317. The molecule has 0 aliphatic carbocycles. The quantitative estimate of drug-likeness (QED) is 0.830. The van der Waals surface area contributed by atoms with E-state index in [-0.39, 0.29) is 0 Å². The van der Waals surface area contributed by atoms with Crippen LogP contribution < -0.4 is 5.73 Å². The SMILES string of the molecule is CCC(CSC)N(C)C(CN)c1ccc(C)cc1C. The summed E-state index contributed by atoms with van der Waals surface area (Å²) >= 11 is 1.91. The first-order chi connectivity index (χ1) is 9.04. The number of thioether (sulfide) groups is 1. The van der Waals surface area contributed by atoms with Crippen molar-refractivity contribution in [2.24, 2.45) is 5.73 Å². The first-order valence-electron chi connectivity index (χ1n) is 7.03. The summed E-state index contributed by atoms with van der Waals surface area (Å²) in [6.07, 6.45) is 3.34. The van der Waals surface area contributed by atoms with E-state index in [4.69, 9.17) is 5.73 Å². The van der Waals surface area contributed by atoms with Crippen LogP contribution in [-0.2, 0) is 0 Å². The van der Waals surface area contributed by atoms with Crippen molar-refractivity contribution >= 4 is 11.8 Å². The molecule has 1 aromatic rings. The molecule has 2 unspecified atom stereocenters. The Morgan fingerprint density at radius 3 is 2.47 bits per heavy atom. The number of nitrogens with two attached hydrogens (primary N) is 1. The van der Waals surface area contributed by atoms with Crippen molar-refractivity contribution in [3.63, 3.8) is 0 Å². The highest BCUT2D eigenvalue weighted by molar-refractivity contribution is 7.98. The molecule has 0 heterocycles. The first kappa shape index (κ1) is 16.5. The molecule has 0 spiro atoms. The van der Waals surface area contributed by atoms with Crippen molar-refractivity contribution in [3.05, 3.63) is 34.9 Å². The zero-order valence-corrected chi connectivity index (χ0v) is 13.8. The van der Waals surface area contributed by atoms with Gasteiger partial charge in [-0.15, -0.1) is 0 Å². The largest absolute Gasteiger partial charge is 0.329 e. The highest BCUT2D eigenvalue weighted by Crippen LogP contribution is 2.26. The van der Waals surface area contributed by atoms with Gasteiger partial charge in [0.15, 0.2) is 0 Å². The van der Waals surface area contributed by atoms with Gasteiger partial charge in [0.25, 0.3) is 0 Å². The molecule has 3 heteroatoms. The lowest BCUT2D eigenvalue weighted by Gasteiger charge is -2.35. The predicted molar refractivity (Wildman–Crippen MR) is 87.9 cm³/mol. The van der Waals surface area contributed by atoms with Gasteiger partial charge in [0.05, 0.1) is 0 Å². The second-order valence-electron chi connectivity index (χ2n) is 5.29. The van der Waals surface area contributed by atoms with Crippen LogP contribution in [0.2, 0.25) is 0 Å². The van der Waals surface area contributed by atoms with Gasteiger partial charge in [0.1, 0.15) is 0 Å². The Kier molecular flexibility index (Phi) is 6.90. The molecule has 2 N–H and O–H groups in total. The topological polar surface area (TPSA) is 29.3 Å². The van der Waals surface area contributed by atoms with Crippen LogP contribution in [0.5, 0.6) is 0 Å². The molecule has 0 aliphatic heterocycles. The molecule has 1 rings (SSSR count). The van der Waals surface area contributed by atoms with Gasteiger partial charge >= 0.3 is 0 Å². The Morgan fingerprint density at radius 1 is 1.32 bits per heavy atom. The van der Waals surface area contributed by atoms with E-state index in [0.717, 1.165) is 5.75 Å². The maximum atomic E-state index is 6.05. The van der Waals surface area contributed by atoms with Crippen molar-refractivity contribution in [3.8, 4) is 0 Å². The van der Waals surface area contributed by atoms with Crippen LogP contribution in [0.3, 0.4) is 0 Å². The number of hydrogen-bond donors (Lipinski definition) is 1. The summed E-state index contributed by atoms with van der Waals surface area (Å²) in [5.41, 5.74) is 10.1. The van der Waals surface area contributed by atoms with Gasteiger partial charge in [-0.2, -0.15) is 11.8 Å². The Hall–Kier alpha value is -0.510. The van der Waals surface area contributed by atoms with E-state index in [1.54, 1.807) is 0 Å². The number of benzene rings is 1. The van der Waals surface area contributed by atoms with E-state index < -0.39 is 0 Å². The fraction of sp³-hybridized carbons (Fsp3) is 0.625. The molecular weight excluding hydrogens is 252 g/mol. The standard InChI is InChI=1S/C16H28N2S/c1-6-14(11-19-5)18(4)16(10-17)15-8-7-12(2)9-13(15)3/h7-9,14,16H,6,10-11,17H2,1-5H3. The maximum Gasteiger partial charge on any atom is 0.0473 e. The molecule has 0 aromatic heterocycles. The van der Waals surface area contributed by atoms with Crippen LogP contribution in [0.4, 0.5) is 0 Å². The third-order valence-corrected chi connectivity index (χ3v) is 4.62. The minimum Gasteiger partial charge on any atom is -0.329 e. The molecule has 0 saturated carbocycles. The van der Waals surface area contributed by atoms with Crippen LogP contribution in [0, 0.1) is 13.8 Å². The molecule has 19 heavy (non-hydrogen) atoms. The molecule has 1 aromatic carbocycles. The molecule has 108 valence electrons. The third-order valence-electron chi connectivity index (χ3n) is 3.91. The van der Waals surface area contributed by atoms with Crippen molar-refractivity contribution < 1.29 is 0 Å². The molecule has 0 radical (unpaired) electrons.